The van der Waals surface area contributed by atoms with Gasteiger partial charge in [0.2, 0.25) is 0 Å². The lowest BCUT2D eigenvalue weighted by Gasteiger charge is -2.40. The Morgan fingerprint density at radius 1 is 0.489 bits per heavy atom. The number of hydrogen-bond acceptors (Lipinski definition) is 2. The van der Waals surface area contributed by atoms with Crippen LogP contribution in [0.4, 0.5) is 11.4 Å². The van der Waals surface area contributed by atoms with Crippen LogP contribution in [0.25, 0.3) is 71.7 Å². The first kappa shape index (κ1) is 26.2. The van der Waals surface area contributed by atoms with Gasteiger partial charge in [0.05, 0.1) is 22.6 Å². The zero-order valence-electron chi connectivity index (χ0n) is 26.0. The number of fused-ring (bicyclic) bond motifs is 12. The molecule has 0 N–H and O–H groups in total. The van der Waals surface area contributed by atoms with E-state index in [-0.39, 0.29) is 0 Å². The molecule has 0 amide bonds. The molecule has 2 nitrogen and oxygen atoms in total. The number of rotatable bonds is 2. The van der Waals surface area contributed by atoms with Crippen molar-refractivity contribution in [2.24, 2.45) is 0 Å². The van der Waals surface area contributed by atoms with E-state index in [0.29, 0.717) is 5.92 Å². The summed E-state index contributed by atoms with van der Waals surface area (Å²) in [6.45, 7) is 2.30. The van der Waals surface area contributed by atoms with E-state index in [2.05, 4.69) is 170 Å². The Morgan fingerprint density at radius 3 is 2.06 bits per heavy atom. The maximum Gasteiger partial charge on any atom is 0.0787 e. The molecule has 2 heteroatoms. The fraction of sp³-hybridized carbons (Fsp3) is 0.0444. The molecular weight excluding hydrogens is 569 g/mol. The number of hydrogen-bond donors (Lipinski definition) is 0. The molecule has 7 aromatic carbocycles. The molecule has 0 saturated carbocycles. The third kappa shape index (κ3) is 4.01. The molecule has 0 aliphatic carbocycles. The van der Waals surface area contributed by atoms with Crippen LogP contribution in [0.15, 0.2) is 158 Å². The summed E-state index contributed by atoms with van der Waals surface area (Å²) in [6, 6.07) is 55.4. The lowest BCUT2D eigenvalue weighted by atomic mass is 9.83. The minimum atomic E-state index is 0.362. The number of para-hydroxylation sites is 1. The van der Waals surface area contributed by atoms with Crippen LogP contribution in [0.2, 0.25) is 0 Å². The van der Waals surface area contributed by atoms with Crippen molar-refractivity contribution in [1.82, 2.24) is 4.98 Å². The molecule has 0 radical (unpaired) electrons. The van der Waals surface area contributed by atoms with Crippen LogP contribution in [0.3, 0.4) is 0 Å². The van der Waals surface area contributed by atoms with Gasteiger partial charge in [-0.1, -0.05) is 128 Å². The smallest absolute Gasteiger partial charge is 0.0787 e. The van der Waals surface area contributed by atoms with E-state index < -0.39 is 0 Å². The van der Waals surface area contributed by atoms with Crippen LogP contribution < -0.4 is 4.90 Å². The highest BCUT2D eigenvalue weighted by atomic mass is 15.2. The third-order valence-electron chi connectivity index (χ3n) is 10.1. The summed E-state index contributed by atoms with van der Waals surface area (Å²) in [5.41, 5.74) is 14.6. The van der Waals surface area contributed by atoms with E-state index in [1.807, 2.05) is 0 Å². The van der Waals surface area contributed by atoms with Gasteiger partial charge < -0.3 is 4.90 Å². The molecule has 220 valence electrons. The van der Waals surface area contributed by atoms with Gasteiger partial charge in [0.15, 0.2) is 0 Å². The van der Waals surface area contributed by atoms with Crippen LogP contribution in [-0.4, -0.2) is 4.98 Å². The maximum absolute atomic E-state index is 5.14. The topological polar surface area (TPSA) is 16.1 Å². The van der Waals surface area contributed by atoms with Crippen molar-refractivity contribution < 1.29 is 0 Å². The predicted molar refractivity (Wildman–Crippen MR) is 198 cm³/mol. The van der Waals surface area contributed by atoms with E-state index in [0.717, 1.165) is 22.2 Å². The van der Waals surface area contributed by atoms with Crippen molar-refractivity contribution in [3.05, 3.63) is 169 Å². The zero-order chi connectivity index (χ0) is 31.1. The van der Waals surface area contributed by atoms with Crippen molar-refractivity contribution in [3.8, 4) is 33.5 Å². The van der Waals surface area contributed by atoms with Gasteiger partial charge in [-0.25, -0.2) is 4.98 Å². The molecule has 0 bridgehead atoms. The summed E-state index contributed by atoms with van der Waals surface area (Å²) < 4.78 is 0. The third-order valence-corrected chi connectivity index (χ3v) is 10.1. The first-order valence-corrected chi connectivity index (χ1v) is 16.4. The molecule has 1 atom stereocenters. The van der Waals surface area contributed by atoms with E-state index in [9.17, 15) is 0 Å². The molecule has 2 aliphatic heterocycles. The summed E-state index contributed by atoms with van der Waals surface area (Å²) in [5.74, 6) is 0.362. The molecule has 0 fully saturated rings. The molecule has 10 rings (SSSR count). The van der Waals surface area contributed by atoms with Crippen molar-refractivity contribution in [2.45, 2.75) is 12.8 Å². The maximum atomic E-state index is 5.14. The Hall–Kier alpha value is -5.99. The highest BCUT2D eigenvalue weighted by molar-refractivity contribution is 6.07. The summed E-state index contributed by atoms with van der Waals surface area (Å²) in [4.78, 5) is 7.60. The molecule has 47 heavy (non-hydrogen) atoms. The Morgan fingerprint density at radius 2 is 1.15 bits per heavy atom. The first-order valence-electron chi connectivity index (χ1n) is 16.4. The second kappa shape index (κ2) is 10.0. The van der Waals surface area contributed by atoms with Gasteiger partial charge in [-0.2, -0.15) is 0 Å². The average molecular weight is 599 g/mol. The van der Waals surface area contributed by atoms with Crippen molar-refractivity contribution in [2.75, 3.05) is 4.90 Å². The number of aromatic nitrogens is 1. The summed E-state index contributed by atoms with van der Waals surface area (Å²) in [6.07, 6.45) is 2.42. The van der Waals surface area contributed by atoms with Gasteiger partial charge in [0.1, 0.15) is 0 Å². The number of pyridine rings is 1. The van der Waals surface area contributed by atoms with Crippen LogP contribution in [0, 0.1) is 0 Å². The summed E-state index contributed by atoms with van der Waals surface area (Å²) in [7, 11) is 0. The number of benzene rings is 7. The molecule has 1 aromatic heterocycles. The Labute approximate surface area is 273 Å². The van der Waals surface area contributed by atoms with E-state index in [1.54, 1.807) is 0 Å². The SMILES string of the molecule is CC1C=C2c3ccccc3-c3cc(-c4ccc5cc(-c6ccc7ccc8ccccc8c7n6)ccc5c4)ccc3N2c2ccccc21. The lowest BCUT2D eigenvalue weighted by Crippen LogP contribution is -2.25. The van der Waals surface area contributed by atoms with Crippen molar-refractivity contribution >= 4 is 49.5 Å². The van der Waals surface area contributed by atoms with Gasteiger partial charge in [0, 0.05) is 39.1 Å². The quantitative estimate of drug-likeness (QED) is 0.184. The molecule has 0 spiro atoms. The van der Waals surface area contributed by atoms with Gasteiger partial charge in [-0.15, -0.1) is 0 Å². The van der Waals surface area contributed by atoms with Crippen LogP contribution >= 0.6 is 0 Å². The van der Waals surface area contributed by atoms with E-state index in [4.69, 9.17) is 4.98 Å². The monoisotopic (exact) mass is 598 g/mol. The van der Waals surface area contributed by atoms with Gasteiger partial charge >= 0.3 is 0 Å². The normalized spacial score (nSPS) is 14.8. The fourth-order valence-electron chi connectivity index (χ4n) is 7.75. The minimum Gasteiger partial charge on any atom is -0.309 e. The molecule has 2 aliphatic rings. The Kier molecular flexibility index (Phi) is 5.59. The number of nitrogens with zero attached hydrogens (tertiary/aromatic N) is 2. The zero-order valence-corrected chi connectivity index (χ0v) is 26.0. The Bertz CT molecular complexity index is 2610. The minimum absolute atomic E-state index is 0.362. The molecule has 8 aromatic rings. The fourth-order valence-corrected chi connectivity index (χ4v) is 7.75. The highest BCUT2D eigenvalue weighted by Crippen LogP contribution is 2.53. The highest BCUT2D eigenvalue weighted by Gasteiger charge is 2.32. The molecule has 0 saturated heterocycles. The van der Waals surface area contributed by atoms with Crippen molar-refractivity contribution in [3.63, 3.8) is 0 Å². The summed E-state index contributed by atoms with van der Waals surface area (Å²) in [5, 5.41) is 6.00. The second-order valence-electron chi connectivity index (χ2n) is 12.8. The van der Waals surface area contributed by atoms with Crippen LogP contribution in [-0.2, 0) is 0 Å². The molecule has 3 heterocycles. The van der Waals surface area contributed by atoms with Crippen molar-refractivity contribution in [1.29, 1.82) is 0 Å². The predicted octanol–water partition coefficient (Wildman–Crippen LogP) is 12.2. The lowest BCUT2D eigenvalue weighted by molar-refractivity contribution is 0.938. The van der Waals surface area contributed by atoms with Gasteiger partial charge in [-0.05, 0) is 74.8 Å². The van der Waals surface area contributed by atoms with E-state index >= 15 is 0 Å². The molecule has 1 unspecified atom stereocenters. The van der Waals surface area contributed by atoms with Crippen LogP contribution in [0.5, 0.6) is 0 Å². The number of anilines is 2. The Balaban J connectivity index is 1.06. The van der Waals surface area contributed by atoms with Crippen LogP contribution in [0.1, 0.15) is 24.0 Å². The first-order chi connectivity index (χ1) is 23.2. The molecular formula is C45H30N2. The largest absolute Gasteiger partial charge is 0.309 e. The summed E-state index contributed by atoms with van der Waals surface area (Å²) >= 11 is 0. The van der Waals surface area contributed by atoms with E-state index in [1.165, 1.54) is 72.0 Å². The van der Waals surface area contributed by atoms with Gasteiger partial charge in [0.25, 0.3) is 0 Å². The standard InChI is InChI=1S/C45H30N2/c1-28-24-44-39-12-5-4-11-38(39)40-27-34(21-23-43(40)47(44)42-13-7-6-9-36(28)42)32-16-17-33-26-35(19-18-31(33)25-32)41-22-20-30-15-14-29-8-2-3-10-37(29)45(30)46-41/h2-28H,1H3. The number of allylic oxidation sites excluding steroid dienone is 1. The van der Waals surface area contributed by atoms with Gasteiger partial charge in [-0.3, -0.25) is 0 Å². The second-order valence-corrected chi connectivity index (χ2v) is 12.8. The average Bonchev–Trinajstić information content (AvgIpc) is 3.14.